The lowest BCUT2D eigenvalue weighted by Gasteiger charge is -2.33. The summed E-state index contributed by atoms with van der Waals surface area (Å²) in [7, 11) is 0. The van der Waals surface area contributed by atoms with Crippen LogP contribution in [-0.2, 0) is 0 Å². The molecule has 96 valence electrons. The second-order valence-corrected chi connectivity index (χ2v) is 5.38. The van der Waals surface area contributed by atoms with E-state index in [2.05, 4.69) is 15.3 Å². The highest BCUT2D eigenvalue weighted by Gasteiger charge is 2.27. The van der Waals surface area contributed by atoms with Crippen LogP contribution in [0.3, 0.4) is 0 Å². The first-order chi connectivity index (χ1) is 8.75. The minimum atomic E-state index is -0.0583. The van der Waals surface area contributed by atoms with Crippen molar-refractivity contribution in [2.45, 2.75) is 37.6 Å². The number of para-hydroxylation sites is 2. The predicted octanol–water partition coefficient (Wildman–Crippen LogP) is 2.64. The Bertz CT molecular complexity index is 492. The number of aromatic nitrogens is 2. The van der Waals surface area contributed by atoms with Crippen LogP contribution in [0.1, 0.15) is 32.1 Å². The van der Waals surface area contributed by atoms with Gasteiger partial charge in [-0.3, -0.25) is 0 Å². The molecule has 1 aliphatic rings. The van der Waals surface area contributed by atoms with Crippen LogP contribution in [0, 0.1) is 0 Å². The average molecular weight is 244 g/mol. The third-order valence-corrected chi connectivity index (χ3v) is 3.85. The Kier molecular flexibility index (Phi) is 2.96. The molecule has 0 aliphatic heterocycles. The van der Waals surface area contributed by atoms with E-state index >= 15 is 0 Å². The van der Waals surface area contributed by atoms with E-state index in [1.54, 1.807) is 0 Å². The van der Waals surface area contributed by atoms with E-state index in [4.69, 9.17) is 5.73 Å². The SMILES string of the molecule is NC1(CNc2nc3ccccc3[nH]2)CCCCC1. The number of hydrogen-bond acceptors (Lipinski definition) is 3. The first-order valence-corrected chi connectivity index (χ1v) is 6.73. The van der Waals surface area contributed by atoms with Crippen LogP contribution in [0.5, 0.6) is 0 Å². The van der Waals surface area contributed by atoms with Crippen LogP contribution < -0.4 is 11.1 Å². The van der Waals surface area contributed by atoms with Crippen molar-refractivity contribution in [3.8, 4) is 0 Å². The average Bonchev–Trinajstić information content (AvgIpc) is 2.80. The summed E-state index contributed by atoms with van der Waals surface area (Å²) in [5, 5.41) is 3.35. The number of aromatic amines is 1. The van der Waals surface area contributed by atoms with Gasteiger partial charge in [-0.25, -0.2) is 4.98 Å². The summed E-state index contributed by atoms with van der Waals surface area (Å²) in [6, 6.07) is 8.05. The molecule has 0 spiro atoms. The van der Waals surface area contributed by atoms with Gasteiger partial charge in [0.05, 0.1) is 11.0 Å². The van der Waals surface area contributed by atoms with Crippen molar-refractivity contribution in [1.29, 1.82) is 0 Å². The van der Waals surface area contributed by atoms with Crippen LogP contribution in [0.25, 0.3) is 11.0 Å². The van der Waals surface area contributed by atoms with Gasteiger partial charge in [-0.05, 0) is 25.0 Å². The van der Waals surface area contributed by atoms with Crippen LogP contribution in [0.2, 0.25) is 0 Å². The third kappa shape index (κ3) is 2.34. The minimum Gasteiger partial charge on any atom is -0.354 e. The van der Waals surface area contributed by atoms with Crippen molar-refractivity contribution in [2.75, 3.05) is 11.9 Å². The Labute approximate surface area is 107 Å². The molecule has 1 heterocycles. The van der Waals surface area contributed by atoms with Gasteiger partial charge in [0.2, 0.25) is 5.95 Å². The summed E-state index contributed by atoms with van der Waals surface area (Å²) in [5.74, 6) is 0.826. The first kappa shape index (κ1) is 11.5. The molecule has 1 aliphatic carbocycles. The maximum atomic E-state index is 6.40. The second kappa shape index (κ2) is 4.61. The van der Waals surface area contributed by atoms with Gasteiger partial charge in [0.1, 0.15) is 0 Å². The maximum absolute atomic E-state index is 6.40. The van der Waals surface area contributed by atoms with Crippen molar-refractivity contribution in [3.05, 3.63) is 24.3 Å². The van der Waals surface area contributed by atoms with Crippen molar-refractivity contribution < 1.29 is 0 Å². The minimum absolute atomic E-state index is 0.0583. The fraction of sp³-hybridized carbons (Fsp3) is 0.500. The summed E-state index contributed by atoms with van der Waals surface area (Å²) in [4.78, 5) is 7.78. The van der Waals surface area contributed by atoms with Gasteiger partial charge in [0, 0.05) is 12.1 Å². The Morgan fingerprint density at radius 2 is 2.00 bits per heavy atom. The number of anilines is 1. The summed E-state index contributed by atoms with van der Waals surface area (Å²) in [5.41, 5.74) is 8.40. The van der Waals surface area contributed by atoms with Gasteiger partial charge in [0.15, 0.2) is 0 Å². The largest absolute Gasteiger partial charge is 0.354 e. The van der Waals surface area contributed by atoms with Crippen LogP contribution in [0.4, 0.5) is 5.95 Å². The lowest BCUT2D eigenvalue weighted by molar-refractivity contribution is 0.311. The highest BCUT2D eigenvalue weighted by Crippen LogP contribution is 2.26. The molecule has 4 nitrogen and oxygen atoms in total. The van der Waals surface area contributed by atoms with Gasteiger partial charge >= 0.3 is 0 Å². The van der Waals surface area contributed by atoms with Crippen LogP contribution in [-0.4, -0.2) is 22.1 Å². The molecule has 1 aromatic heterocycles. The maximum Gasteiger partial charge on any atom is 0.201 e. The number of benzene rings is 1. The zero-order valence-electron chi connectivity index (χ0n) is 10.6. The monoisotopic (exact) mass is 244 g/mol. The summed E-state index contributed by atoms with van der Waals surface area (Å²) < 4.78 is 0. The molecule has 3 rings (SSSR count). The second-order valence-electron chi connectivity index (χ2n) is 5.38. The molecular formula is C14H20N4. The van der Waals surface area contributed by atoms with Gasteiger partial charge in [-0.1, -0.05) is 31.4 Å². The van der Waals surface area contributed by atoms with Crippen molar-refractivity contribution in [1.82, 2.24) is 9.97 Å². The number of fused-ring (bicyclic) bond motifs is 1. The lowest BCUT2D eigenvalue weighted by Crippen LogP contribution is -2.47. The number of nitrogens with two attached hydrogens (primary N) is 1. The molecule has 18 heavy (non-hydrogen) atoms. The van der Waals surface area contributed by atoms with Gasteiger partial charge in [-0.15, -0.1) is 0 Å². The quantitative estimate of drug-likeness (QED) is 0.777. The standard InChI is InChI=1S/C14H20N4/c15-14(8-4-1-5-9-14)10-16-13-17-11-6-2-3-7-12(11)18-13/h2-3,6-7H,1,4-5,8-10,15H2,(H2,16,17,18). The fourth-order valence-corrected chi connectivity index (χ4v) is 2.73. The normalized spacial score (nSPS) is 18.9. The molecule has 4 N–H and O–H groups in total. The number of imidazole rings is 1. The van der Waals surface area contributed by atoms with E-state index < -0.39 is 0 Å². The van der Waals surface area contributed by atoms with Crippen LogP contribution >= 0.6 is 0 Å². The summed E-state index contributed by atoms with van der Waals surface area (Å²) >= 11 is 0. The van der Waals surface area contributed by atoms with Gasteiger partial charge < -0.3 is 16.0 Å². The Balaban J connectivity index is 1.69. The molecular weight excluding hydrogens is 224 g/mol. The Hall–Kier alpha value is -1.55. The van der Waals surface area contributed by atoms with Crippen molar-refractivity contribution in [2.24, 2.45) is 5.73 Å². The van der Waals surface area contributed by atoms with Crippen molar-refractivity contribution in [3.63, 3.8) is 0 Å². The number of hydrogen-bond donors (Lipinski definition) is 3. The molecule has 0 amide bonds. The molecule has 2 aromatic rings. The van der Waals surface area contributed by atoms with E-state index in [9.17, 15) is 0 Å². The Morgan fingerprint density at radius 1 is 1.22 bits per heavy atom. The topological polar surface area (TPSA) is 66.7 Å². The Morgan fingerprint density at radius 3 is 2.78 bits per heavy atom. The molecule has 1 fully saturated rings. The highest BCUT2D eigenvalue weighted by atomic mass is 15.1. The molecule has 0 unspecified atom stereocenters. The van der Waals surface area contributed by atoms with E-state index in [1.165, 1.54) is 19.3 Å². The molecule has 1 saturated carbocycles. The fourth-order valence-electron chi connectivity index (χ4n) is 2.73. The van der Waals surface area contributed by atoms with Gasteiger partial charge in [0.25, 0.3) is 0 Å². The van der Waals surface area contributed by atoms with E-state index in [0.29, 0.717) is 0 Å². The number of rotatable bonds is 3. The first-order valence-electron chi connectivity index (χ1n) is 6.73. The molecule has 4 heteroatoms. The van der Waals surface area contributed by atoms with E-state index in [0.717, 1.165) is 36.4 Å². The molecule has 0 saturated heterocycles. The number of nitrogens with zero attached hydrogens (tertiary/aromatic N) is 1. The van der Waals surface area contributed by atoms with E-state index in [1.807, 2.05) is 24.3 Å². The van der Waals surface area contributed by atoms with Crippen molar-refractivity contribution >= 4 is 17.0 Å². The predicted molar refractivity (Wildman–Crippen MR) is 74.6 cm³/mol. The zero-order valence-corrected chi connectivity index (χ0v) is 10.6. The molecule has 0 radical (unpaired) electrons. The smallest absolute Gasteiger partial charge is 0.201 e. The third-order valence-electron chi connectivity index (χ3n) is 3.85. The van der Waals surface area contributed by atoms with E-state index in [-0.39, 0.29) is 5.54 Å². The molecule has 0 bridgehead atoms. The molecule has 0 atom stereocenters. The number of nitrogens with one attached hydrogen (secondary N) is 2. The zero-order chi connectivity index (χ0) is 12.4. The molecule has 1 aromatic carbocycles. The summed E-state index contributed by atoms with van der Waals surface area (Å²) in [6.07, 6.45) is 6.04. The lowest BCUT2D eigenvalue weighted by atomic mass is 9.82. The van der Waals surface area contributed by atoms with Crippen LogP contribution in [0.15, 0.2) is 24.3 Å². The number of H-pyrrole nitrogens is 1. The van der Waals surface area contributed by atoms with Gasteiger partial charge in [-0.2, -0.15) is 0 Å². The summed E-state index contributed by atoms with van der Waals surface area (Å²) in [6.45, 7) is 0.798. The highest BCUT2D eigenvalue weighted by molar-refractivity contribution is 5.77.